The molecule has 1 aliphatic rings. The van der Waals surface area contributed by atoms with Crippen molar-refractivity contribution in [3.05, 3.63) is 33.4 Å². The molecule has 1 aliphatic heterocycles. The largest absolute Gasteiger partial charge is 0.444 e. The Morgan fingerprint density at radius 1 is 1.28 bits per heavy atom. The number of alkyl carbamates (subject to hydrolysis) is 1. The summed E-state index contributed by atoms with van der Waals surface area (Å²) >= 11 is 2.24. The normalized spacial score (nSPS) is 18.6. The van der Waals surface area contributed by atoms with Crippen LogP contribution >= 0.6 is 22.6 Å². The molecule has 0 aromatic heterocycles. The van der Waals surface area contributed by atoms with E-state index in [0.717, 1.165) is 9.13 Å². The lowest BCUT2D eigenvalue weighted by Crippen LogP contribution is -2.60. The highest BCUT2D eigenvalue weighted by Gasteiger charge is 2.41. The summed E-state index contributed by atoms with van der Waals surface area (Å²) in [7, 11) is 0. The van der Waals surface area contributed by atoms with Crippen LogP contribution in [0.15, 0.2) is 24.3 Å². The zero-order valence-electron chi connectivity index (χ0n) is 15.2. The Hall–Kier alpha value is -1.30. The minimum Gasteiger partial charge on any atom is -0.444 e. The number of halogens is 1. The minimum atomic E-state index is -0.959. The first-order valence-corrected chi connectivity index (χ1v) is 9.14. The zero-order chi connectivity index (χ0) is 18.7. The first-order chi connectivity index (χ1) is 11.5. The molecule has 5 nitrogen and oxygen atoms in total. The van der Waals surface area contributed by atoms with Crippen LogP contribution in [0.25, 0.3) is 0 Å². The van der Waals surface area contributed by atoms with Gasteiger partial charge < -0.3 is 19.5 Å². The fraction of sp³-hybridized carbons (Fsp3) is 0.526. The zero-order valence-corrected chi connectivity index (χ0v) is 17.4. The van der Waals surface area contributed by atoms with Gasteiger partial charge in [-0.25, -0.2) is 4.79 Å². The molecule has 0 radical (unpaired) electrons. The molecule has 2 rings (SSSR count). The Kier molecular flexibility index (Phi) is 6.02. The van der Waals surface area contributed by atoms with Crippen LogP contribution in [0, 0.1) is 15.4 Å². The standard InChI is InChI=1S/C19H24INO4/c1-17(2,3)25-16(22)21-19(12-23-18(4,5)24-13-19)10-9-14-7-6-8-15(20)11-14/h6-8,11H,12-13H2,1-5H3,(H,21,22). The van der Waals surface area contributed by atoms with Gasteiger partial charge in [0, 0.05) is 9.13 Å². The number of nitrogens with one attached hydrogen (secondary N) is 1. The van der Waals surface area contributed by atoms with Crippen molar-refractivity contribution in [1.82, 2.24) is 5.32 Å². The number of amides is 1. The van der Waals surface area contributed by atoms with Crippen molar-refractivity contribution in [2.75, 3.05) is 13.2 Å². The molecule has 0 bridgehead atoms. The first-order valence-electron chi connectivity index (χ1n) is 8.07. The molecule has 1 saturated heterocycles. The Morgan fingerprint density at radius 2 is 1.92 bits per heavy atom. The molecular formula is C19H24INO4. The third-order valence-corrected chi connectivity index (χ3v) is 4.01. The summed E-state index contributed by atoms with van der Waals surface area (Å²) in [6.45, 7) is 9.54. The number of ether oxygens (including phenoxy) is 3. The summed E-state index contributed by atoms with van der Waals surface area (Å²) in [4.78, 5) is 12.2. The molecule has 1 aromatic carbocycles. The smallest absolute Gasteiger partial charge is 0.409 e. The average molecular weight is 457 g/mol. The predicted molar refractivity (Wildman–Crippen MR) is 104 cm³/mol. The SMILES string of the molecule is CC(C)(C)OC(=O)NC1(C#Cc2cccc(I)c2)COC(C)(C)OC1. The maximum absolute atomic E-state index is 12.2. The van der Waals surface area contributed by atoms with Gasteiger partial charge >= 0.3 is 6.09 Å². The molecule has 6 heteroatoms. The summed E-state index contributed by atoms with van der Waals surface area (Å²) in [5.74, 6) is 5.52. The van der Waals surface area contributed by atoms with E-state index < -0.39 is 23.0 Å². The van der Waals surface area contributed by atoms with E-state index in [-0.39, 0.29) is 13.2 Å². The highest BCUT2D eigenvalue weighted by atomic mass is 127. The monoisotopic (exact) mass is 457 g/mol. The molecule has 0 atom stereocenters. The van der Waals surface area contributed by atoms with Crippen molar-refractivity contribution >= 4 is 28.7 Å². The molecule has 25 heavy (non-hydrogen) atoms. The molecule has 1 heterocycles. The predicted octanol–water partition coefficient (Wildman–Crippen LogP) is 3.69. The van der Waals surface area contributed by atoms with Crippen molar-refractivity contribution in [2.45, 2.75) is 51.5 Å². The van der Waals surface area contributed by atoms with Crippen molar-refractivity contribution < 1.29 is 19.0 Å². The summed E-state index contributed by atoms with van der Waals surface area (Å²) in [5.41, 5.74) is -0.689. The lowest BCUT2D eigenvalue weighted by molar-refractivity contribution is -0.262. The molecule has 1 amide bonds. The van der Waals surface area contributed by atoms with Crippen LogP contribution in [-0.4, -0.2) is 36.2 Å². The summed E-state index contributed by atoms with van der Waals surface area (Å²) in [6, 6.07) is 7.83. The van der Waals surface area contributed by atoms with E-state index in [1.165, 1.54) is 0 Å². The van der Waals surface area contributed by atoms with E-state index in [1.807, 2.05) is 58.9 Å². The van der Waals surface area contributed by atoms with Gasteiger partial charge in [-0.3, -0.25) is 0 Å². The lowest BCUT2D eigenvalue weighted by Gasteiger charge is -2.41. The van der Waals surface area contributed by atoms with Crippen LogP contribution in [0.1, 0.15) is 40.2 Å². The Balaban J connectivity index is 2.23. The Bertz CT molecular complexity index is 687. The highest BCUT2D eigenvalue weighted by Crippen LogP contribution is 2.24. The molecule has 0 aliphatic carbocycles. The number of benzene rings is 1. The first kappa shape index (κ1) is 20.0. The molecule has 1 fully saturated rings. The van der Waals surface area contributed by atoms with Gasteiger partial charge in [0.2, 0.25) is 0 Å². The topological polar surface area (TPSA) is 56.8 Å². The van der Waals surface area contributed by atoms with Crippen LogP contribution in [-0.2, 0) is 14.2 Å². The number of rotatable bonds is 1. The number of carbonyl (C=O) groups is 1. The minimum absolute atomic E-state index is 0.218. The molecule has 0 unspecified atom stereocenters. The van der Waals surface area contributed by atoms with Gasteiger partial charge in [-0.2, -0.15) is 0 Å². The maximum Gasteiger partial charge on any atom is 0.409 e. The van der Waals surface area contributed by atoms with Gasteiger partial charge in [-0.05, 0) is 75.4 Å². The van der Waals surface area contributed by atoms with E-state index in [2.05, 4.69) is 39.7 Å². The summed E-state index contributed by atoms with van der Waals surface area (Å²) in [5, 5.41) is 2.82. The van der Waals surface area contributed by atoms with Gasteiger partial charge in [0.05, 0.1) is 13.2 Å². The van der Waals surface area contributed by atoms with Crippen LogP contribution in [0.2, 0.25) is 0 Å². The van der Waals surface area contributed by atoms with Gasteiger partial charge in [0.15, 0.2) is 11.3 Å². The summed E-state index contributed by atoms with van der Waals surface area (Å²) in [6.07, 6.45) is -0.545. The van der Waals surface area contributed by atoms with Crippen LogP contribution in [0.5, 0.6) is 0 Å². The van der Waals surface area contributed by atoms with Gasteiger partial charge in [-0.1, -0.05) is 17.9 Å². The fourth-order valence-corrected chi connectivity index (χ4v) is 2.65. The third-order valence-electron chi connectivity index (χ3n) is 3.34. The van der Waals surface area contributed by atoms with E-state index in [1.54, 1.807) is 0 Å². The second-order valence-corrected chi connectivity index (χ2v) is 8.69. The second-order valence-electron chi connectivity index (χ2n) is 7.45. The number of hydrogen-bond donors (Lipinski definition) is 1. The van der Waals surface area contributed by atoms with Gasteiger partial charge in [0.1, 0.15) is 5.60 Å². The third kappa shape index (κ3) is 6.49. The van der Waals surface area contributed by atoms with Crippen molar-refractivity contribution in [1.29, 1.82) is 0 Å². The number of hydrogen-bond acceptors (Lipinski definition) is 4. The number of carbonyl (C=O) groups excluding carboxylic acids is 1. The molecule has 0 spiro atoms. The van der Waals surface area contributed by atoms with Crippen LogP contribution < -0.4 is 5.32 Å². The van der Waals surface area contributed by atoms with E-state index in [0.29, 0.717) is 0 Å². The Morgan fingerprint density at radius 3 is 2.48 bits per heavy atom. The van der Waals surface area contributed by atoms with Crippen molar-refractivity contribution in [3.63, 3.8) is 0 Å². The maximum atomic E-state index is 12.2. The van der Waals surface area contributed by atoms with E-state index >= 15 is 0 Å². The van der Waals surface area contributed by atoms with Crippen LogP contribution in [0.3, 0.4) is 0 Å². The molecule has 0 saturated carbocycles. The average Bonchev–Trinajstić information content (AvgIpc) is 2.46. The van der Waals surface area contributed by atoms with Gasteiger partial charge in [-0.15, -0.1) is 0 Å². The van der Waals surface area contributed by atoms with E-state index in [9.17, 15) is 4.79 Å². The molecular weight excluding hydrogens is 433 g/mol. The molecule has 1 N–H and O–H groups in total. The van der Waals surface area contributed by atoms with Crippen LogP contribution in [0.4, 0.5) is 4.79 Å². The Labute approximate surface area is 162 Å². The van der Waals surface area contributed by atoms with Gasteiger partial charge in [0.25, 0.3) is 0 Å². The highest BCUT2D eigenvalue weighted by molar-refractivity contribution is 14.1. The fourth-order valence-electron chi connectivity index (χ4n) is 2.11. The lowest BCUT2D eigenvalue weighted by atomic mass is 10.0. The second kappa shape index (κ2) is 7.52. The quantitative estimate of drug-likeness (QED) is 0.517. The molecule has 1 aromatic rings. The van der Waals surface area contributed by atoms with E-state index in [4.69, 9.17) is 14.2 Å². The van der Waals surface area contributed by atoms with Crippen molar-refractivity contribution in [3.8, 4) is 11.8 Å². The summed E-state index contributed by atoms with van der Waals surface area (Å²) < 4.78 is 17.9. The van der Waals surface area contributed by atoms with Crippen molar-refractivity contribution in [2.24, 2.45) is 0 Å². The molecule has 136 valence electrons.